The third-order valence-electron chi connectivity index (χ3n) is 6.17. The zero-order valence-corrected chi connectivity index (χ0v) is 20.8. The van der Waals surface area contributed by atoms with Gasteiger partial charge in [0, 0.05) is 36.1 Å². The Labute approximate surface area is 217 Å². The molecule has 0 aliphatic heterocycles. The number of esters is 1. The summed E-state index contributed by atoms with van der Waals surface area (Å²) in [5.74, 6) is 0.524. The second kappa shape index (κ2) is 11.4. The number of carbonyl (C=O) groups is 1. The first-order valence-electron chi connectivity index (χ1n) is 12.5. The van der Waals surface area contributed by atoms with E-state index in [9.17, 15) is 4.79 Å². The van der Waals surface area contributed by atoms with Crippen molar-refractivity contribution in [2.24, 2.45) is 0 Å². The maximum atomic E-state index is 11.9. The smallest absolute Gasteiger partial charge is 0.330 e. The molecule has 0 aliphatic rings. The van der Waals surface area contributed by atoms with E-state index in [0.29, 0.717) is 13.2 Å². The minimum absolute atomic E-state index is 0.337. The van der Waals surface area contributed by atoms with Gasteiger partial charge in [-0.2, -0.15) is 0 Å². The molecule has 0 saturated carbocycles. The molecule has 0 amide bonds. The van der Waals surface area contributed by atoms with Gasteiger partial charge in [0.15, 0.2) is 0 Å². The highest BCUT2D eigenvalue weighted by Gasteiger charge is 2.09. The quantitative estimate of drug-likeness (QED) is 0.160. The maximum absolute atomic E-state index is 11.9. The molecule has 0 fully saturated rings. The lowest BCUT2D eigenvalue weighted by atomic mass is 10.0. The van der Waals surface area contributed by atoms with Crippen LogP contribution in [0.15, 0.2) is 116 Å². The van der Waals surface area contributed by atoms with E-state index >= 15 is 0 Å². The number of hydrogen-bond acceptors (Lipinski definition) is 3. The SMILES string of the molecule is CCOC(=O)/C=C/c1cn(Cc2ccc3cc(OCc4ccccc4)ccc3c2)cc1-c1ccccc1. The number of carbonyl (C=O) groups excluding carboxylic acids is 1. The molecule has 0 atom stereocenters. The molecule has 5 aromatic rings. The summed E-state index contributed by atoms with van der Waals surface area (Å²) in [7, 11) is 0. The number of fused-ring (bicyclic) bond motifs is 1. The number of aromatic nitrogens is 1. The van der Waals surface area contributed by atoms with Gasteiger partial charge in [-0.3, -0.25) is 0 Å². The van der Waals surface area contributed by atoms with Crippen molar-refractivity contribution in [2.75, 3.05) is 6.61 Å². The van der Waals surface area contributed by atoms with Crippen LogP contribution in [0.1, 0.15) is 23.6 Å². The van der Waals surface area contributed by atoms with E-state index in [0.717, 1.165) is 39.9 Å². The van der Waals surface area contributed by atoms with E-state index in [1.54, 1.807) is 6.92 Å². The summed E-state index contributed by atoms with van der Waals surface area (Å²) in [4.78, 5) is 11.9. The van der Waals surface area contributed by atoms with Crippen LogP contribution in [-0.4, -0.2) is 17.1 Å². The molecule has 0 N–H and O–H groups in total. The van der Waals surface area contributed by atoms with E-state index in [4.69, 9.17) is 9.47 Å². The molecule has 4 aromatic carbocycles. The first-order chi connectivity index (χ1) is 18.2. The number of ether oxygens (including phenoxy) is 2. The van der Waals surface area contributed by atoms with Gasteiger partial charge < -0.3 is 14.0 Å². The van der Waals surface area contributed by atoms with Crippen LogP contribution in [-0.2, 0) is 22.7 Å². The minimum Gasteiger partial charge on any atom is -0.489 e. The number of hydrogen-bond donors (Lipinski definition) is 0. The molecule has 0 spiro atoms. The first kappa shape index (κ1) is 24.1. The van der Waals surface area contributed by atoms with Crippen LogP contribution in [0.4, 0.5) is 0 Å². The van der Waals surface area contributed by atoms with Crippen molar-refractivity contribution in [2.45, 2.75) is 20.1 Å². The third kappa shape index (κ3) is 6.17. The fourth-order valence-corrected chi connectivity index (χ4v) is 4.37. The summed E-state index contributed by atoms with van der Waals surface area (Å²) < 4.78 is 13.2. The van der Waals surface area contributed by atoms with E-state index in [-0.39, 0.29) is 5.97 Å². The van der Waals surface area contributed by atoms with E-state index in [2.05, 4.69) is 71.6 Å². The molecule has 0 unspecified atom stereocenters. The second-order valence-electron chi connectivity index (χ2n) is 8.87. The number of rotatable bonds is 9. The molecule has 0 radical (unpaired) electrons. The Balaban J connectivity index is 1.35. The highest BCUT2D eigenvalue weighted by atomic mass is 16.5. The number of nitrogens with zero attached hydrogens (tertiary/aromatic N) is 1. The second-order valence-corrected chi connectivity index (χ2v) is 8.87. The Kier molecular flexibility index (Phi) is 7.47. The average Bonchev–Trinajstić information content (AvgIpc) is 3.34. The zero-order chi connectivity index (χ0) is 25.5. The molecule has 37 heavy (non-hydrogen) atoms. The predicted octanol–water partition coefficient (Wildman–Crippen LogP) is 7.51. The highest BCUT2D eigenvalue weighted by molar-refractivity contribution is 5.89. The lowest BCUT2D eigenvalue weighted by molar-refractivity contribution is -0.137. The predicted molar refractivity (Wildman–Crippen MR) is 149 cm³/mol. The van der Waals surface area contributed by atoms with Gasteiger partial charge in [0.1, 0.15) is 12.4 Å². The third-order valence-corrected chi connectivity index (χ3v) is 6.17. The maximum Gasteiger partial charge on any atom is 0.330 e. The van der Waals surface area contributed by atoms with Crippen LogP contribution in [0.25, 0.3) is 28.0 Å². The fraction of sp³-hybridized carbons (Fsp3) is 0.121. The van der Waals surface area contributed by atoms with Crippen LogP contribution in [0.5, 0.6) is 5.75 Å². The van der Waals surface area contributed by atoms with Crippen molar-refractivity contribution in [3.63, 3.8) is 0 Å². The Morgan fingerprint density at radius 2 is 1.54 bits per heavy atom. The van der Waals surface area contributed by atoms with Crippen LogP contribution in [0, 0.1) is 0 Å². The molecule has 5 rings (SSSR count). The molecule has 4 heteroatoms. The van der Waals surface area contributed by atoms with Crippen molar-refractivity contribution in [3.05, 3.63) is 132 Å². The molecule has 4 nitrogen and oxygen atoms in total. The topological polar surface area (TPSA) is 40.5 Å². The van der Waals surface area contributed by atoms with Crippen molar-refractivity contribution in [3.8, 4) is 16.9 Å². The van der Waals surface area contributed by atoms with Gasteiger partial charge in [-0.15, -0.1) is 0 Å². The van der Waals surface area contributed by atoms with Gasteiger partial charge in [0.05, 0.1) is 6.61 Å². The summed E-state index contributed by atoms with van der Waals surface area (Å²) in [6.45, 7) is 3.43. The van der Waals surface area contributed by atoms with Gasteiger partial charge in [-0.1, -0.05) is 78.9 Å². The van der Waals surface area contributed by atoms with Gasteiger partial charge in [-0.25, -0.2) is 4.79 Å². The Bertz CT molecular complexity index is 1520. The lowest BCUT2D eigenvalue weighted by Crippen LogP contribution is -1.98. The van der Waals surface area contributed by atoms with Gasteiger partial charge >= 0.3 is 5.97 Å². The van der Waals surface area contributed by atoms with Gasteiger partial charge in [0.2, 0.25) is 0 Å². The molecular formula is C33H29NO3. The summed E-state index contributed by atoms with van der Waals surface area (Å²) in [6, 6.07) is 33.1. The Hall–Kier alpha value is -4.57. The lowest BCUT2D eigenvalue weighted by Gasteiger charge is -2.09. The van der Waals surface area contributed by atoms with Crippen LogP contribution >= 0.6 is 0 Å². The minimum atomic E-state index is -0.337. The standard InChI is InChI=1S/C33H29NO3/c1-2-36-33(35)18-16-30-22-34(23-32(30)27-11-7-4-8-12-27)21-26-13-14-29-20-31(17-15-28(29)19-26)37-24-25-9-5-3-6-10-25/h3-20,22-23H,2,21,24H2,1H3/b18-16+. The Morgan fingerprint density at radius 3 is 2.32 bits per heavy atom. The molecule has 0 aliphatic carbocycles. The van der Waals surface area contributed by atoms with Crippen LogP contribution in [0.3, 0.4) is 0 Å². The molecule has 0 saturated heterocycles. The molecule has 1 heterocycles. The fourth-order valence-electron chi connectivity index (χ4n) is 4.37. The van der Waals surface area contributed by atoms with Crippen molar-refractivity contribution in [1.29, 1.82) is 0 Å². The average molecular weight is 488 g/mol. The van der Waals surface area contributed by atoms with E-state index in [1.807, 2.05) is 48.5 Å². The van der Waals surface area contributed by atoms with E-state index in [1.165, 1.54) is 17.0 Å². The number of benzene rings is 4. The highest BCUT2D eigenvalue weighted by Crippen LogP contribution is 2.28. The molecule has 0 bridgehead atoms. The summed E-state index contributed by atoms with van der Waals surface area (Å²) >= 11 is 0. The van der Waals surface area contributed by atoms with Crippen molar-refractivity contribution >= 4 is 22.8 Å². The monoisotopic (exact) mass is 487 g/mol. The summed E-state index contributed by atoms with van der Waals surface area (Å²) in [5.41, 5.74) is 5.49. The Morgan fingerprint density at radius 1 is 0.811 bits per heavy atom. The summed E-state index contributed by atoms with van der Waals surface area (Å²) in [6.07, 6.45) is 7.52. The van der Waals surface area contributed by atoms with Crippen LogP contribution < -0.4 is 4.74 Å². The van der Waals surface area contributed by atoms with Crippen molar-refractivity contribution < 1.29 is 14.3 Å². The van der Waals surface area contributed by atoms with Gasteiger partial charge in [-0.05, 0) is 58.7 Å². The zero-order valence-electron chi connectivity index (χ0n) is 20.8. The van der Waals surface area contributed by atoms with Gasteiger partial charge in [0.25, 0.3) is 0 Å². The molecule has 184 valence electrons. The van der Waals surface area contributed by atoms with Crippen LogP contribution in [0.2, 0.25) is 0 Å². The molecule has 1 aromatic heterocycles. The first-order valence-corrected chi connectivity index (χ1v) is 12.5. The van der Waals surface area contributed by atoms with Crippen molar-refractivity contribution in [1.82, 2.24) is 4.57 Å². The normalized spacial score (nSPS) is 11.2. The summed E-state index contributed by atoms with van der Waals surface area (Å²) in [5, 5.41) is 2.31. The molecular weight excluding hydrogens is 458 g/mol. The largest absolute Gasteiger partial charge is 0.489 e. The van der Waals surface area contributed by atoms with E-state index < -0.39 is 0 Å².